The molecule has 148 valence electrons. The predicted octanol–water partition coefficient (Wildman–Crippen LogP) is 3.23. The maximum atomic E-state index is 12.0. The molecule has 2 heterocycles. The van der Waals surface area contributed by atoms with E-state index in [1.54, 1.807) is 24.5 Å². The van der Waals surface area contributed by atoms with Crippen LogP contribution >= 0.6 is 0 Å². The minimum atomic E-state index is -0.0232. The Morgan fingerprint density at radius 1 is 1.14 bits per heavy atom. The molecular weight excluding hydrogens is 350 g/mol. The average Bonchev–Trinajstić information content (AvgIpc) is 3.23. The molecule has 2 aromatic rings. The highest BCUT2D eigenvalue weighted by molar-refractivity contribution is 5.93. The Bertz CT molecular complexity index is 786. The fraction of sp³-hybridized carbons (Fsp3) is 0.478. The molecule has 5 heteroatoms. The lowest BCUT2D eigenvalue weighted by atomic mass is 10.1. The van der Waals surface area contributed by atoms with Crippen LogP contribution in [0.5, 0.6) is 5.75 Å². The molecule has 0 atom stereocenters. The Balaban J connectivity index is 1.15. The first kappa shape index (κ1) is 18.9. The van der Waals surface area contributed by atoms with Gasteiger partial charge < -0.3 is 15.0 Å². The first-order valence-electron chi connectivity index (χ1n) is 10.5. The van der Waals surface area contributed by atoms with E-state index in [0.29, 0.717) is 18.2 Å². The minimum absolute atomic E-state index is 0.0232. The number of amides is 1. The largest absolute Gasteiger partial charge is 0.490 e. The first-order valence-corrected chi connectivity index (χ1v) is 10.5. The van der Waals surface area contributed by atoms with Crippen LogP contribution in [0.1, 0.15) is 47.2 Å². The summed E-state index contributed by atoms with van der Waals surface area (Å²) in [5, 5.41) is 2.99. The third-order valence-electron chi connectivity index (χ3n) is 5.81. The Hall–Kier alpha value is -2.40. The molecule has 1 fully saturated rings. The van der Waals surface area contributed by atoms with Gasteiger partial charge >= 0.3 is 0 Å². The molecule has 0 bridgehead atoms. The van der Waals surface area contributed by atoms with Crippen molar-refractivity contribution in [2.24, 2.45) is 0 Å². The topological polar surface area (TPSA) is 54.5 Å². The number of carbonyl (C=O) groups is 1. The van der Waals surface area contributed by atoms with Crippen molar-refractivity contribution in [2.75, 3.05) is 26.2 Å². The number of ether oxygens (including phenoxy) is 1. The molecule has 1 aromatic carbocycles. The fourth-order valence-electron chi connectivity index (χ4n) is 4.24. The van der Waals surface area contributed by atoms with Crippen molar-refractivity contribution >= 4 is 5.91 Å². The number of aryl methyl sites for hydroxylation is 1. The van der Waals surface area contributed by atoms with Gasteiger partial charge in [0.05, 0.1) is 0 Å². The van der Waals surface area contributed by atoms with Gasteiger partial charge in [-0.2, -0.15) is 0 Å². The fourth-order valence-corrected chi connectivity index (χ4v) is 4.24. The van der Waals surface area contributed by atoms with Gasteiger partial charge in [0.15, 0.2) is 0 Å². The second kappa shape index (κ2) is 9.20. The van der Waals surface area contributed by atoms with Crippen molar-refractivity contribution in [3.63, 3.8) is 0 Å². The quantitative estimate of drug-likeness (QED) is 0.751. The number of hydrogen-bond acceptors (Lipinski definition) is 4. The summed E-state index contributed by atoms with van der Waals surface area (Å²) in [5.74, 6) is 1.09. The van der Waals surface area contributed by atoms with Crippen LogP contribution in [0.4, 0.5) is 0 Å². The summed E-state index contributed by atoms with van der Waals surface area (Å²) in [7, 11) is 0. The number of rotatable bonds is 7. The summed E-state index contributed by atoms with van der Waals surface area (Å²) < 4.78 is 6.36. The third kappa shape index (κ3) is 4.71. The maximum absolute atomic E-state index is 12.0. The van der Waals surface area contributed by atoms with Crippen LogP contribution in [0.2, 0.25) is 0 Å². The van der Waals surface area contributed by atoms with Crippen molar-refractivity contribution in [2.45, 2.75) is 44.6 Å². The Labute approximate surface area is 167 Å². The lowest BCUT2D eigenvalue weighted by Gasteiger charge is -2.32. The number of hydrogen-bond donors (Lipinski definition) is 1. The van der Waals surface area contributed by atoms with Crippen molar-refractivity contribution in [1.29, 1.82) is 0 Å². The molecule has 0 spiro atoms. The zero-order valence-corrected chi connectivity index (χ0v) is 16.4. The molecule has 4 rings (SSSR count). The van der Waals surface area contributed by atoms with Gasteiger partial charge in [0.2, 0.25) is 0 Å². The van der Waals surface area contributed by atoms with Gasteiger partial charge in [-0.1, -0.05) is 12.1 Å². The van der Waals surface area contributed by atoms with Crippen LogP contribution in [0.15, 0.2) is 42.7 Å². The molecule has 1 amide bonds. The SMILES string of the molecule is O=C(NCCCN1CCC(Oc2cccc3c2CCC3)CC1)c1ccncc1. The van der Waals surface area contributed by atoms with E-state index in [1.165, 1.54) is 24.0 Å². The zero-order valence-electron chi connectivity index (χ0n) is 16.4. The monoisotopic (exact) mass is 379 g/mol. The molecule has 1 N–H and O–H groups in total. The molecular formula is C23H29N3O2. The van der Waals surface area contributed by atoms with E-state index in [-0.39, 0.29) is 5.91 Å². The summed E-state index contributed by atoms with van der Waals surface area (Å²) in [5.41, 5.74) is 3.58. The Morgan fingerprint density at radius 3 is 2.79 bits per heavy atom. The van der Waals surface area contributed by atoms with Crippen molar-refractivity contribution in [3.05, 3.63) is 59.4 Å². The molecule has 1 saturated heterocycles. The van der Waals surface area contributed by atoms with Gasteiger partial charge in [-0.05, 0) is 74.4 Å². The van der Waals surface area contributed by atoms with Crippen LogP contribution in [0.25, 0.3) is 0 Å². The summed E-state index contributed by atoms with van der Waals surface area (Å²) in [6.07, 6.45) is 10.4. The van der Waals surface area contributed by atoms with Gasteiger partial charge in [-0.3, -0.25) is 9.78 Å². The highest BCUT2D eigenvalue weighted by atomic mass is 16.5. The van der Waals surface area contributed by atoms with Gasteiger partial charge in [0.1, 0.15) is 11.9 Å². The Morgan fingerprint density at radius 2 is 1.96 bits per heavy atom. The number of fused-ring (bicyclic) bond motifs is 1. The van der Waals surface area contributed by atoms with Gasteiger partial charge in [0.25, 0.3) is 5.91 Å². The van der Waals surface area contributed by atoms with E-state index >= 15 is 0 Å². The average molecular weight is 380 g/mol. The molecule has 0 unspecified atom stereocenters. The van der Waals surface area contributed by atoms with E-state index in [2.05, 4.69) is 33.4 Å². The number of nitrogens with one attached hydrogen (secondary N) is 1. The first-order chi connectivity index (χ1) is 13.8. The lowest BCUT2D eigenvalue weighted by molar-refractivity contribution is 0.0933. The van der Waals surface area contributed by atoms with Crippen LogP contribution < -0.4 is 10.1 Å². The molecule has 0 saturated carbocycles. The number of nitrogens with zero attached hydrogens (tertiary/aromatic N) is 2. The molecule has 1 aliphatic heterocycles. The second-order valence-electron chi connectivity index (χ2n) is 7.75. The molecule has 1 aliphatic carbocycles. The number of benzene rings is 1. The van der Waals surface area contributed by atoms with Crippen LogP contribution in [0, 0.1) is 0 Å². The van der Waals surface area contributed by atoms with E-state index < -0.39 is 0 Å². The number of carbonyl (C=O) groups excluding carboxylic acids is 1. The predicted molar refractivity (Wildman–Crippen MR) is 110 cm³/mol. The Kier molecular flexibility index (Phi) is 6.22. The second-order valence-corrected chi connectivity index (χ2v) is 7.75. The van der Waals surface area contributed by atoms with E-state index in [1.807, 2.05) is 0 Å². The highest BCUT2D eigenvalue weighted by Crippen LogP contribution is 2.32. The molecule has 2 aliphatic rings. The normalized spacial score (nSPS) is 17.3. The summed E-state index contributed by atoms with van der Waals surface area (Å²) >= 11 is 0. The molecule has 5 nitrogen and oxygen atoms in total. The highest BCUT2D eigenvalue weighted by Gasteiger charge is 2.22. The smallest absolute Gasteiger partial charge is 0.251 e. The zero-order chi connectivity index (χ0) is 19.2. The molecule has 0 radical (unpaired) electrons. The number of pyridine rings is 1. The van der Waals surface area contributed by atoms with E-state index in [9.17, 15) is 4.79 Å². The minimum Gasteiger partial charge on any atom is -0.490 e. The van der Waals surface area contributed by atoms with E-state index in [4.69, 9.17) is 4.74 Å². The maximum Gasteiger partial charge on any atom is 0.251 e. The van der Waals surface area contributed by atoms with Crippen LogP contribution in [-0.4, -0.2) is 48.1 Å². The van der Waals surface area contributed by atoms with Gasteiger partial charge in [-0.15, -0.1) is 0 Å². The number of likely N-dealkylation sites (tertiary alicyclic amines) is 1. The van der Waals surface area contributed by atoms with Crippen LogP contribution in [-0.2, 0) is 12.8 Å². The number of aromatic nitrogens is 1. The summed E-state index contributed by atoms with van der Waals surface area (Å²) in [4.78, 5) is 18.4. The standard InChI is InChI=1S/C23H29N3O2/c27-23(19-8-13-24-14-9-19)25-12-3-15-26-16-10-20(11-17-26)28-22-7-2-5-18-4-1-6-21(18)22/h2,5,7-9,13-14,20H,1,3-4,6,10-12,15-17H2,(H,25,27). The summed E-state index contributed by atoms with van der Waals surface area (Å²) in [6.45, 7) is 3.85. The number of piperidine rings is 1. The van der Waals surface area contributed by atoms with Gasteiger partial charge in [0, 0.05) is 37.6 Å². The third-order valence-corrected chi connectivity index (χ3v) is 5.81. The van der Waals surface area contributed by atoms with E-state index in [0.717, 1.165) is 51.1 Å². The van der Waals surface area contributed by atoms with Crippen molar-refractivity contribution < 1.29 is 9.53 Å². The summed E-state index contributed by atoms with van der Waals surface area (Å²) in [6, 6.07) is 9.99. The van der Waals surface area contributed by atoms with Crippen molar-refractivity contribution in [1.82, 2.24) is 15.2 Å². The van der Waals surface area contributed by atoms with Gasteiger partial charge in [-0.25, -0.2) is 0 Å². The molecule has 1 aromatic heterocycles. The van der Waals surface area contributed by atoms with Crippen molar-refractivity contribution in [3.8, 4) is 5.75 Å². The van der Waals surface area contributed by atoms with Crippen LogP contribution in [0.3, 0.4) is 0 Å². The lowest BCUT2D eigenvalue weighted by Crippen LogP contribution is -2.39. The molecule has 28 heavy (non-hydrogen) atoms.